The Bertz CT molecular complexity index is 633. The number of aliphatic hydroxyl groups excluding tert-OH is 1. The van der Waals surface area contributed by atoms with Crippen LogP contribution in [0, 0.1) is 0 Å². The monoisotopic (exact) mass is 300 g/mol. The fourth-order valence-corrected chi connectivity index (χ4v) is 3.26. The van der Waals surface area contributed by atoms with Gasteiger partial charge in [0.25, 0.3) is 5.91 Å². The summed E-state index contributed by atoms with van der Waals surface area (Å²) in [6.45, 7) is 0.562. The van der Waals surface area contributed by atoms with Crippen LogP contribution in [-0.2, 0) is 0 Å². The molecule has 2 heterocycles. The Labute approximate surface area is 127 Å². The van der Waals surface area contributed by atoms with Crippen molar-refractivity contribution in [2.45, 2.75) is 17.5 Å². The molecule has 0 radical (unpaired) electrons. The molecule has 108 valence electrons. The molecule has 1 unspecified atom stereocenters. The molecule has 5 heteroatoms. The molecule has 1 N–H and O–H groups in total. The second-order valence-electron chi connectivity index (χ2n) is 4.84. The van der Waals surface area contributed by atoms with E-state index < -0.39 is 6.23 Å². The van der Waals surface area contributed by atoms with Gasteiger partial charge in [0.15, 0.2) is 6.23 Å². The number of carbonyl (C=O) groups is 1. The Kier molecular flexibility index (Phi) is 4.22. The lowest BCUT2D eigenvalue weighted by atomic mass is 10.1. The molecule has 0 saturated heterocycles. The molecule has 1 atom stereocenters. The number of aliphatic hydroxyl groups is 1. The van der Waals surface area contributed by atoms with Gasteiger partial charge in [0, 0.05) is 35.0 Å². The molecule has 0 aliphatic carbocycles. The van der Waals surface area contributed by atoms with Crippen molar-refractivity contribution in [2.75, 3.05) is 12.3 Å². The van der Waals surface area contributed by atoms with Crippen molar-refractivity contribution in [1.82, 2.24) is 9.88 Å². The summed E-state index contributed by atoms with van der Waals surface area (Å²) in [6, 6.07) is 11.2. The Hall–Kier alpha value is -1.85. The minimum Gasteiger partial charge on any atom is -0.369 e. The maximum atomic E-state index is 12.2. The first kappa shape index (κ1) is 14.1. The summed E-state index contributed by atoms with van der Waals surface area (Å²) in [4.78, 5) is 18.9. The standard InChI is InChI=1S/C16H16N2O2S/c19-15-13-4-1-2-5-14(13)16(20)18(15)10-3-11-21-12-6-8-17-9-7-12/h1-2,4-9,15,19H,3,10-11H2. The van der Waals surface area contributed by atoms with E-state index in [0.29, 0.717) is 17.7 Å². The van der Waals surface area contributed by atoms with Crippen molar-refractivity contribution in [3.63, 3.8) is 0 Å². The number of aromatic nitrogens is 1. The smallest absolute Gasteiger partial charge is 0.256 e. The van der Waals surface area contributed by atoms with Gasteiger partial charge in [-0.1, -0.05) is 18.2 Å². The van der Waals surface area contributed by atoms with Crippen molar-refractivity contribution >= 4 is 17.7 Å². The quantitative estimate of drug-likeness (QED) is 0.681. The van der Waals surface area contributed by atoms with Gasteiger partial charge in [-0.25, -0.2) is 0 Å². The van der Waals surface area contributed by atoms with Crippen LogP contribution < -0.4 is 0 Å². The van der Waals surface area contributed by atoms with Crippen LogP contribution in [0.4, 0.5) is 0 Å². The van der Waals surface area contributed by atoms with Crippen LogP contribution in [0.2, 0.25) is 0 Å². The average molecular weight is 300 g/mol. The van der Waals surface area contributed by atoms with Crippen molar-refractivity contribution in [3.05, 3.63) is 59.9 Å². The van der Waals surface area contributed by atoms with Crippen LogP contribution in [0.5, 0.6) is 0 Å². The lowest BCUT2D eigenvalue weighted by molar-refractivity contribution is 0.0179. The van der Waals surface area contributed by atoms with Gasteiger partial charge < -0.3 is 10.0 Å². The molecule has 1 aliphatic rings. The number of rotatable bonds is 5. The topological polar surface area (TPSA) is 53.4 Å². The Morgan fingerprint density at radius 1 is 1.19 bits per heavy atom. The SMILES string of the molecule is O=C1c2ccccc2C(O)N1CCCSc1ccncc1. The predicted octanol–water partition coefficient (Wildman–Crippen LogP) is 2.71. The summed E-state index contributed by atoms with van der Waals surface area (Å²) in [7, 11) is 0. The third-order valence-corrected chi connectivity index (χ3v) is 4.59. The second-order valence-corrected chi connectivity index (χ2v) is 6.01. The van der Waals surface area contributed by atoms with Gasteiger partial charge in [-0.3, -0.25) is 9.78 Å². The van der Waals surface area contributed by atoms with E-state index in [9.17, 15) is 9.90 Å². The highest BCUT2D eigenvalue weighted by Crippen LogP contribution is 2.31. The van der Waals surface area contributed by atoms with Crippen LogP contribution in [0.15, 0.2) is 53.7 Å². The van der Waals surface area contributed by atoms with Gasteiger partial charge >= 0.3 is 0 Å². The van der Waals surface area contributed by atoms with E-state index >= 15 is 0 Å². The lowest BCUT2D eigenvalue weighted by Crippen LogP contribution is -2.29. The highest BCUT2D eigenvalue weighted by Gasteiger charge is 2.34. The number of benzene rings is 1. The predicted molar refractivity (Wildman–Crippen MR) is 82.0 cm³/mol. The number of hydrogen-bond donors (Lipinski definition) is 1. The Morgan fingerprint density at radius 3 is 2.71 bits per heavy atom. The number of fused-ring (bicyclic) bond motifs is 1. The summed E-state index contributed by atoms with van der Waals surface area (Å²) in [5.41, 5.74) is 1.33. The van der Waals surface area contributed by atoms with Gasteiger partial charge in [0.1, 0.15) is 0 Å². The fraction of sp³-hybridized carbons (Fsp3) is 0.250. The van der Waals surface area contributed by atoms with Crippen molar-refractivity contribution in [2.24, 2.45) is 0 Å². The van der Waals surface area contributed by atoms with E-state index in [4.69, 9.17) is 0 Å². The van der Waals surface area contributed by atoms with Crippen LogP contribution >= 0.6 is 11.8 Å². The third kappa shape index (κ3) is 2.94. The zero-order valence-corrected chi connectivity index (χ0v) is 12.3. The summed E-state index contributed by atoms with van der Waals surface area (Å²) < 4.78 is 0. The van der Waals surface area contributed by atoms with Crippen molar-refractivity contribution < 1.29 is 9.90 Å². The first-order valence-electron chi connectivity index (χ1n) is 6.88. The molecule has 0 spiro atoms. The first-order valence-corrected chi connectivity index (χ1v) is 7.87. The number of pyridine rings is 1. The molecule has 1 aliphatic heterocycles. The molecule has 1 amide bonds. The number of nitrogens with zero attached hydrogens (tertiary/aromatic N) is 2. The van der Waals surface area contributed by atoms with Gasteiger partial charge in [0.05, 0.1) is 0 Å². The molecule has 0 saturated carbocycles. The molecule has 4 nitrogen and oxygen atoms in total. The van der Waals surface area contributed by atoms with Gasteiger partial charge in [-0.05, 0) is 30.4 Å². The maximum Gasteiger partial charge on any atom is 0.256 e. The van der Waals surface area contributed by atoms with E-state index in [-0.39, 0.29) is 5.91 Å². The molecular formula is C16H16N2O2S. The normalized spacial score (nSPS) is 17.1. The molecule has 21 heavy (non-hydrogen) atoms. The number of carbonyl (C=O) groups excluding carboxylic acids is 1. The lowest BCUT2D eigenvalue weighted by Gasteiger charge is -2.20. The minimum atomic E-state index is -0.806. The van der Waals surface area contributed by atoms with Gasteiger partial charge in [0.2, 0.25) is 0 Å². The fourth-order valence-electron chi connectivity index (χ4n) is 2.43. The molecule has 2 aromatic rings. The maximum absolute atomic E-state index is 12.2. The van der Waals surface area contributed by atoms with Crippen LogP contribution in [0.25, 0.3) is 0 Å². The van der Waals surface area contributed by atoms with Crippen LogP contribution in [0.1, 0.15) is 28.6 Å². The average Bonchev–Trinajstić information content (AvgIpc) is 2.77. The highest BCUT2D eigenvalue weighted by molar-refractivity contribution is 7.99. The molecule has 0 bridgehead atoms. The minimum absolute atomic E-state index is 0.0768. The molecule has 0 fully saturated rings. The molecule has 1 aromatic heterocycles. The van der Waals surface area contributed by atoms with E-state index in [0.717, 1.165) is 12.2 Å². The summed E-state index contributed by atoms with van der Waals surface area (Å²) in [6.07, 6.45) is 3.57. The Morgan fingerprint density at radius 2 is 1.95 bits per heavy atom. The number of thioether (sulfide) groups is 1. The third-order valence-electron chi connectivity index (χ3n) is 3.49. The van der Waals surface area contributed by atoms with Gasteiger partial charge in [-0.15, -0.1) is 11.8 Å². The molecule has 3 rings (SSSR count). The van der Waals surface area contributed by atoms with Crippen molar-refractivity contribution in [1.29, 1.82) is 0 Å². The first-order chi connectivity index (χ1) is 10.3. The van der Waals surface area contributed by atoms with E-state index in [2.05, 4.69) is 4.98 Å². The summed E-state index contributed by atoms with van der Waals surface area (Å²) >= 11 is 1.73. The molecule has 1 aromatic carbocycles. The van der Waals surface area contributed by atoms with E-state index in [1.807, 2.05) is 30.3 Å². The largest absolute Gasteiger partial charge is 0.369 e. The second kappa shape index (κ2) is 6.28. The van der Waals surface area contributed by atoms with E-state index in [1.165, 1.54) is 9.80 Å². The van der Waals surface area contributed by atoms with E-state index in [1.54, 1.807) is 30.2 Å². The molecular weight excluding hydrogens is 284 g/mol. The Balaban J connectivity index is 1.54. The zero-order valence-electron chi connectivity index (χ0n) is 11.5. The van der Waals surface area contributed by atoms with Crippen molar-refractivity contribution in [3.8, 4) is 0 Å². The number of hydrogen-bond acceptors (Lipinski definition) is 4. The van der Waals surface area contributed by atoms with Crippen LogP contribution in [-0.4, -0.2) is 33.2 Å². The van der Waals surface area contributed by atoms with Gasteiger partial charge in [-0.2, -0.15) is 0 Å². The number of amides is 1. The zero-order chi connectivity index (χ0) is 14.7. The summed E-state index contributed by atoms with van der Waals surface area (Å²) in [5.74, 6) is 0.823. The van der Waals surface area contributed by atoms with Crippen LogP contribution in [0.3, 0.4) is 0 Å². The summed E-state index contributed by atoms with van der Waals surface area (Å²) in [5, 5.41) is 10.2. The highest BCUT2D eigenvalue weighted by atomic mass is 32.2.